The summed E-state index contributed by atoms with van der Waals surface area (Å²) in [7, 11) is 0. The first-order valence-corrected chi connectivity index (χ1v) is 10.6. The Labute approximate surface area is 194 Å². The summed E-state index contributed by atoms with van der Waals surface area (Å²) in [5.41, 5.74) is -0.963. The molecule has 2 aromatic heterocycles. The van der Waals surface area contributed by atoms with E-state index in [1.807, 2.05) is 6.92 Å². The van der Waals surface area contributed by atoms with Crippen molar-refractivity contribution in [1.82, 2.24) is 31.1 Å². The molecule has 1 aliphatic rings. The minimum absolute atomic E-state index is 0.0122. The molecule has 1 saturated heterocycles. The molecule has 3 N–H and O–H groups in total. The molecule has 1 aromatic carbocycles. The number of carbonyl (C=O) groups excluding carboxylic acids is 2. The molecule has 0 spiro atoms. The molecule has 0 bridgehead atoms. The van der Waals surface area contributed by atoms with Gasteiger partial charge in [0.2, 0.25) is 5.91 Å². The number of rotatable bonds is 7. The summed E-state index contributed by atoms with van der Waals surface area (Å²) in [5, 5.41) is 12.5. The zero-order valence-electron chi connectivity index (χ0n) is 18.9. The average molecular weight is 470 g/mol. The van der Waals surface area contributed by atoms with Crippen LogP contribution in [0.3, 0.4) is 0 Å². The van der Waals surface area contributed by atoms with Crippen molar-refractivity contribution in [2.75, 3.05) is 13.1 Å². The molecule has 1 fully saturated rings. The number of aryl methyl sites for hydroxylation is 1. The minimum atomic E-state index is -0.834. The third kappa shape index (κ3) is 4.93. The van der Waals surface area contributed by atoms with Crippen LogP contribution in [0, 0.1) is 18.6 Å². The zero-order valence-corrected chi connectivity index (χ0v) is 18.9. The zero-order chi connectivity index (χ0) is 24.5. The molecule has 178 valence electrons. The standard InChI is InChI=1S/C23H24F2N6O3/c1-13-6-7-27-21(28-13)22(2,3)29-19(32)10-23(11-26-12-23)30-20(33)17-9-18(34-31-17)15-5-4-14(24)8-16(15)25/h4-9,26H,10-12H2,1-3H3,(H,29,32)(H,30,33). The Hall–Kier alpha value is -3.73. The lowest BCUT2D eigenvalue weighted by Gasteiger charge is -2.43. The second-order valence-corrected chi connectivity index (χ2v) is 8.91. The van der Waals surface area contributed by atoms with Crippen LogP contribution in [0.15, 0.2) is 41.1 Å². The minimum Gasteiger partial charge on any atom is -0.355 e. The van der Waals surface area contributed by atoms with E-state index in [1.165, 1.54) is 12.1 Å². The van der Waals surface area contributed by atoms with Gasteiger partial charge in [-0.15, -0.1) is 0 Å². The first kappa shape index (κ1) is 23.4. The molecule has 0 radical (unpaired) electrons. The second kappa shape index (κ2) is 8.90. The van der Waals surface area contributed by atoms with Crippen LogP contribution in [0.1, 0.15) is 42.3 Å². The van der Waals surface area contributed by atoms with Gasteiger partial charge in [0.05, 0.1) is 23.1 Å². The molecule has 3 heterocycles. The normalized spacial score (nSPS) is 14.9. The van der Waals surface area contributed by atoms with E-state index >= 15 is 0 Å². The van der Waals surface area contributed by atoms with Crippen LogP contribution in [0.5, 0.6) is 0 Å². The van der Waals surface area contributed by atoms with E-state index in [1.54, 1.807) is 26.1 Å². The first-order valence-electron chi connectivity index (χ1n) is 10.6. The Kier molecular flexibility index (Phi) is 6.13. The van der Waals surface area contributed by atoms with Crippen molar-refractivity contribution in [3.05, 3.63) is 65.4 Å². The lowest BCUT2D eigenvalue weighted by Crippen LogP contribution is -2.70. The van der Waals surface area contributed by atoms with Crippen LogP contribution in [0.4, 0.5) is 8.78 Å². The van der Waals surface area contributed by atoms with Gasteiger partial charge in [-0.1, -0.05) is 5.16 Å². The largest absolute Gasteiger partial charge is 0.355 e. The molecule has 0 saturated carbocycles. The second-order valence-electron chi connectivity index (χ2n) is 8.91. The van der Waals surface area contributed by atoms with Crippen LogP contribution >= 0.6 is 0 Å². The van der Waals surface area contributed by atoms with Gasteiger partial charge in [0.1, 0.15) is 11.6 Å². The highest BCUT2D eigenvalue weighted by molar-refractivity contribution is 5.94. The molecular weight excluding hydrogens is 446 g/mol. The van der Waals surface area contributed by atoms with E-state index in [-0.39, 0.29) is 29.3 Å². The molecule has 1 aliphatic heterocycles. The monoisotopic (exact) mass is 470 g/mol. The fraction of sp³-hybridized carbons (Fsp3) is 0.348. The summed E-state index contributed by atoms with van der Waals surface area (Å²) in [6.07, 6.45) is 1.64. The topological polar surface area (TPSA) is 122 Å². The summed E-state index contributed by atoms with van der Waals surface area (Å²) >= 11 is 0. The third-order valence-corrected chi connectivity index (χ3v) is 5.55. The van der Waals surface area contributed by atoms with E-state index < -0.39 is 28.6 Å². The number of hydrogen-bond acceptors (Lipinski definition) is 7. The lowest BCUT2D eigenvalue weighted by atomic mass is 9.87. The summed E-state index contributed by atoms with van der Waals surface area (Å²) in [4.78, 5) is 34.3. The van der Waals surface area contributed by atoms with Crippen molar-refractivity contribution in [2.45, 2.75) is 38.3 Å². The first-order chi connectivity index (χ1) is 16.1. The Balaban J connectivity index is 1.43. The number of hydrogen-bond donors (Lipinski definition) is 3. The highest BCUT2D eigenvalue weighted by Crippen LogP contribution is 2.25. The Morgan fingerprint density at radius 1 is 1.21 bits per heavy atom. The Bertz CT molecular complexity index is 1240. The van der Waals surface area contributed by atoms with E-state index in [2.05, 4.69) is 31.1 Å². The fourth-order valence-electron chi connectivity index (χ4n) is 3.69. The maximum atomic E-state index is 14.0. The van der Waals surface area contributed by atoms with Crippen LogP contribution in [-0.2, 0) is 10.3 Å². The van der Waals surface area contributed by atoms with Gasteiger partial charge in [-0.25, -0.2) is 18.7 Å². The average Bonchev–Trinajstić information content (AvgIpc) is 3.22. The highest BCUT2D eigenvalue weighted by atomic mass is 19.1. The fourth-order valence-corrected chi connectivity index (χ4v) is 3.69. The predicted octanol–water partition coefficient (Wildman–Crippen LogP) is 2.23. The summed E-state index contributed by atoms with van der Waals surface area (Å²) < 4.78 is 32.3. The SMILES string of the molecule is Cc1ccnc(C(C)(C)NC(=O)CC2(NC(=O)c3cc(-c4ccc(F)cc4F)on3)CNC2)n1. The lowest BCUT2D eigenvalue weighted by molar-refractivity contribution is -0.124. The van der Waals surface area contributed by atoms with Gasteiger partial charge in [-0.3, -0.25) is 9.59 Å². The maximum absolute atomic E-state index is 14.0. The number of halogens is 2. The number of nitrogens with one attached hydrogen (secondary N) is 3. The van der Waals surface area contributed by atoms with Gasteiger partial charge in [-0.05, 0) is 39.0 Å². The van der Waals surface area contributed by atoms with Gasteiger partial charge in [-0.2, -0.15) is 0 Å². The Morgan fingerprint density at radius 2 is 1.97 bits per heavy atom. The molecule has 9 nitrogen and oxygen atoms in total. The number of aromatic nitrogens is 3. The maximum Gasteiger partial charge on any atom is 0.274 e. The van der Waals surface area contributed by atoms with E-state index in [4.69, 9.17) is 4.52 Å². The van der Waals surface area contributed by atoms with Crippen molar-refractivity contribution >= 4 is 11.8 Å². The number of benzene rings is 1. The molecule has 0 aliphatic carbocycles. The van der Waals surface area contributed by atoms with Crippen LogP contribution < -0.4 is 16.0 Å². The molecule has 11 heteroatoms. The number of nitrogens with zero attached hydrogens (tertiary/aromatic N) is 3. The van der Waals surface area contributed by atoms with Gasteiger partial charge >= 0.3 is 0 Å². The van der Waals surface area contributed by atoms with E-state index in [0.29, 0.717) is 25.0 Å². The highest BCUT2D eigenvalue weighted by Gasteiger charge is 2.42. The van der Waals surface area contributed by atoms with Gasteiger partial charge in [0, 0.05) is 37.1 Å². The van der Waals surface area contributed by atoms with Crippen molar-refractivity contribution in [3.63, 3.8) is 0 Å². The molecule has 3 aromatic rings. The van der Waals surface area contributed by atoms with Crippen molar-refractivity contribution in [2.24, 2.45) is 0 Å². The van der Waals surface area contributed by atoms with Gasteiger partial charge in [0.15, 0.2) is 17.3 Å². The van der Waals surface area contributed by atoms with E-state index in [0.717, 1.165) is 11.8 Å². The Morgan fingerprint density at radius 3 is 2.62 bits per heavy atom. The van der Waals surface area contributed by atoms with Gasteiger partial charge in [0.25, 0.3) is 5.91 Å². The predicted molar refractivity (Wildman–Crippen MR) is 117 cm³/mol. The van der Waals surface area contributed by atoms with Gasteiger partial charge < -0.3 is 20.5 Å². The summed E-state index contributed by atoms with van der Waals surface area (Å²) in [6, 6.07) is 6.04. The smallest absolute Gasteiger partial charge is 0.274 e. The van der Waals surface area contributed by atoms with Crippen LogP contribution in [0.2, 0.25) is 0 Å². The molecular formula is C23H24F2N6O3. The third-order valence-electron chi connectivity index (χ3n) is 5.55. The summed E-state index contributed by atoms with van der Waals surface area (Å²) in [6.45, 7) is 6.20. The van der Waals surface area contributed by atoms with Crippen molar-refractivity contribution in [1.29, 1.82) is 0 Å². The van der Waals surface area contributed by atoms with Crippen LogP contribution in [0.25, 0.3) is 11.3 Å². The van der Waals surface area contributed by atoms with Crippen molar-refractivity contribution < 1.29 is 22.9 Å². The molecule has 4 rings (SSSR count). The quantitative estimate of drug-likeness (QED) is 0.484. The number of amides is 2. The molecule has 34 heavy (non-hydrogen) atoms. The molecule has 0 atom stereocenters. The van der Waals surface area contributed by atoms with Crippen LogP contribution in [-0.4, -0.2) is 45.6 Å². The van der Waals surface area contributed by atoms with E-state index in [9.17, 15) is 18.4 Å². The summed E-state index contributed by atoms with van der Waals surface area (Å²) in [5.74, 6) is -1.96. The number of carbonyl (C=O) groups is 2. The van der Waals surface area contributed by atoms with Crippen molar-refractivity contribution in [3.8, 4) is 11.3 Å². The molecule has 0 unspecified atom stereocenters. The molecule has 2 amide bonds.